The zero-order valence-electron chi connectivity index (χ0n) is 20.7. The van der Waals surface area contributed by atoms with E-state index in [9.17, 15) is 19.8 Å². The molecule has 0 amide bonds. The van der Waals surface area contributed by atoms with Gasteiger partial charge in [0, 0.05) is 11.3 Å². The molecule has 0 aliphatic carbocycles. The Morgan fingerprint density at radius 2 is 1.94 bits per heavy atom. The number of aromatic nitrogens is 1. The minimum atomic E-state index is -1.21. The topological polar surface area (TPSA) is 96.7 Å². The van der Waals surface area contributed by atoms with E-state index in [1.807, 2.05) is 38.3 Å². The fourth-order valence-electron chi connectivity index (χ4n) is 4.16. The van der Waals surface area contributed by atoms with Crippen LogP contribution in [0.25, 0.3) is 6.08 Å². The van der Waals surface area contributed by atoms with Crippen molar-refractivity contribution in [1.82, 2.24) is 4.98 Å². The van der Waals surface area contributed by atoms with Crippen LogP contribution < -0.4 is 0 Å². The third kappa shape index (κ3) is 7.59. The number of esters is 1. The SMILES string of the molecule is C/C(=C\c1csc(C)n1)[C@@H]1CCC/C=C/C[C@H](C)[C@H](O)[C@@H](C)C(=O)C(C)(C)[C@@H](O)CC(=O)O1. The molecule has 1 aromatic heterocycles. The monoisotopic (exact) mass is 477 g/mol. The number of thiazole rings is 1. The summed E-state index contributed by atoms with van der Waals surface area (Å²) >= 11 is 1.57. The normalized spacial score (nSPS) is 31.8. The molecule has 33 heavy (non-hydrogen) atoms. The van der Waals surface area contributed by atoms with Crippen LogP contribution in [0.5, 0.6) is 0 Å². The van der Waals surface area contributed by atoms with Crippen molar-refractivity contribution in [2.45, 2.75) is 92.0 Å². The van der Waals surface area contributed by atoms with E-state index in [4.69, 9.17) is 4.74 Å². The van der Waals surface area contributed by atoms with Crippen molar-refractivity contribution in [3.8, 4) is 0 Å². The van der Waals surface area contributed by atoms with Crippen molar-refractivity contribution < 1.29 is 24.5 Å². The Morgan fingerprint density at radius 3 is 2.58 bits per heavy atom. The van der Waals surface area contributed by atoms with E-state index in [2.05, 4.69) is 11.1 Å². The van der Waals surface area contributed by atoms with Gasteiger partial charge in [-0.3, -0.25) is 9.59 Å². The number of allylic oxidation sites excluding steroid dienone is 2. The van der Waals surface area contributed by atoms with Crippen molar-refractivity contribution in [2.75, 3.05) is 0 Å². The largest absolute Gasteiger partial charge is 0.458 e. The summed E-state index contributed by atoms with van der Waals surface area (Å²) in [6, 6.07) is 0. The highest BCUT2D eigenvalue weighted by atomic mass is 32.1. The van der Waals surface area contributed by atoms with E-state index in [0.717, 1.165) is 29.1 Å². The molecule has 0 aromatic carbocycles. The van der Waals surface area contributed by atoms with Crippen LogP contribution in [-0.2, 0) is 14.3 Å². The molecule has 2 heterocycles. The molecule has 1 aliphatic rings. The summed E-state index contributed by atoms with van der Waals surface area (Å²) in [4.78, 5) is 30.3. The number of Topliss-reactive ketones (excluding diaryl/α,β-unsaturated/α-hetero) is 1. The maximum atomic E-state index is 13.1. The zero-order chi connectivity index (χ0) is 24.8. The van der Waals surface area contributed by atoms with Gasteiger partial charge in [0.25, 0.3) is 0 Å². The quantitative estimate of drug-likeness (QED) is 0.466. The van der Waals surface area contributed by atoms with E-state index in [1.165, 1.54) is 0 Å². The maximum absolute atomic E-state index is 13.1. The summed E-state index contributed by atoms with van der Waals surface area (Å²) < 4.78 is 5.78. The molecular weight excluding hydrogens is 438 g/mol. The summed E-state index contributed by atoms with van der Waals surface area (Å²) in [5, 5.41) is 24.4. The lowest BCUT2D eigenvalue weighted by atomic mass is 9.73. The first-order valence-corrected chi connectivity index (χ1v) is 12.7. The van der Waals surface area contributed by atoms with Gasteiger partial charge in [-0.15, -0.1) is 11.3 Å². The van der Waals surface area contributed by atoms with E-state index >= 15 is 0 Å². The number of ether oxygens (including phenoxy) is 1. The fourth-order valence-corrected chi connectivity index (χ4v) is 4.73. The van der Waals surface area contributed by atoms with Crippen LogP contribution in [0.1, 0.15) is 77.4 Å². The second-order valence-electron chi connectivity index (χ2n) is 9.86. The van der Waals surface area contributed by atoms with Gasteiger partial charge in [0.05, 0.1) is 34.7 Å². The Morgan fingerprint density at radius 1 is 1.24 bits per heavy atom. The average molecular weight is 478 g/mol. The van der Waals surface area contributed by atoms with E-state index in [-0.39, 0.29) is 18.1 Å². The van der Waals surface area contributed by atoms with E-state index < -0.39 is 35.6 Å². The number of hydrogen-bond acceptors (Lipinski definition) is 7. The second kappa shape index (κ2) is 12.0. The van der Waals surface area contributed by atoms with Crippen molar-refractivity contribution in [2.24, 2.45) is 17.3 Å². The Kier molecular flexibility index (Phi) is 10.0. The first kappa shape index (κ1) is 27.4. The first-order chi connectivity index (χ1) is 15.4. The molecule has 2 N–H and O–H groups in total. The third-order valence-corrected chi connectivity index (χ3v) is 7.43. The van der Waals surface area contributed by atoms with Crippen LogP contribution in [0.3, 0.4) is 0 Å². The molecule has 0 unspecified atom stereocenters. The van der Waals surface area contributed by atoms with Crippen LogP contribution in [0, 0.1) is 24.2 Å². The zero-order valence-corrected chi connectivity index (χ0v) is 21.5. The molecule has 0 fully saturated rings. The number of carbonyl (C=O) groups is 2. The van der Waals surface area contributed by atoms with Crippen LogP contribution in [0.4, 0.5) is 0 Å². The molecule has 1 aromatic rings. The highest BCUT2D eigenvalue weighted by Gasteiger charge is 2.42. The molecule has 184 valence electrons. The Labute approximate surface area is 201 Å². The fraction of sp³-hybridized carbons (Fsp3) is 0.654. The van der Waals surface area contributed by atoms with Crippen molar-refractivity contribution in [1.29, 1.82) is 0 Å². The summed E-state index contributed by atoms with van der Waals surface area (Å²) in [6.07, 6.45) is 6.29. The number of hydrogen-bond donors (Lipinski definition) is 2. The van der Waals surface area contributed by atoms with Gasteiger partial charge in [-0.1, -0.05) is 39.8 Å². The Bertz CT molecular complexity index is 872. The lowest BCUT2D eigenvalue weighted by molar-refractivity contribution is -0.154. The lowest BCUT2D eigenvalue weighted by Gasteiger charge is -2.34. The van der Waals surface area contributed by atoms with Gasteiger partial charge in [0.2, 0.25) is 0 Å². The highest BCUT2D eigenvalue weighted by molar-refractivity contribution is 7.09. The molecule has 0 radical (unpaired) electrons. The summed E-state index contributed by atoms with van der Waals surface area (Å²) in [7, 11) is 0. The Hall–Kier alpha value is -1.83. The number of aryl methyl sites for hydroxylation is 1. The molecule has 5 atom stereocenters. The van der Waals surface area contributed by atoms with Crippen LogP contribution in [-0.4, -0.2) is 45.3 Å². The van der Waals surface area contributed by atoms with Crippen molar-refractivity contribution in [3.05, 3.63) is 33.8 Å². The smallest absolute Gasteiger partial charge is 0.309 e. The summed E-state index contributed by atoms with van der Waals surface area (Å²) in [5.74, 6) is -1.54. The predicted molar refractivity (Wildman–Crippen MR) is 132 cm³/mol. The average Bonchev–Trinajstić information content (AvgIpc) is 3.16. The third-order valence-electron chi connectivity index (χ3n) is 6.64. The number of nitrogens with zero attached hydrogens (tertiary/aromatic N) is 1. The number of aliphatic hydroxyl groups excluding tert-OH is 2. The van der Waals surface area contributed by atoms with Crippen LogP contribution in [0.2, 0.25) is 0 Å². The molecule has 0 bridgehead atoms. The molecular formula is C26H39NO5S. The first-order valence-electron chi connectivity index (χ1n) is 11.8. The van der Waals surface area contributed by atoms with Gasteiger partial charge < -0.3 is 14.9 Å². The molecule has 0 saturated heterocycles. The van der Waals surface area contributed by atoms with Gasteiger partial charge in [-0.25, -0.2) is 4.98 Å². The summed E-state index contributed by atoms with van der Waals surface area (Å²) in [6.45, 7) is 10.7. The standard InChI is InChI=1S/C26H39NO5S/c1-16-11-9-7-8-10-12-21(17(2)13-20-15-33-19(4)27-20)32-23(29)14-22(28)26(5,6)25(31)18(3)24(16)30/h7,9,13,15-16,18,21-22,24,28,30H,8,10-12,14H2,1-6H3/b9-7+,17-13+/t16-,18+,21-,22-,24-/m0/s1. The van der Waals surface area contributed by atoms with E-state index in [0.29, 0.717) is 12.8 Å². The molecule has 0 saturated carbocycles. The maximum Gasteiger partial charge on any atom is 0.309 e. The number of cyclic esters (lactones) is 1. The van der Waals surface area contributed by atoms with Gasteiger partial charge in [0.1, 0.15) is 11.9 Å². The molecule has 7 heteroatoms. The van der Waals surface area contributed by atoms with Crippen molar-refractivity contribution in [3.63, 3.8) is 0 Å². The second-order valence-corrected chi connectivity index (χ2v) is 10.9. The number of rotatable bonds is 2. The van der Waals surface area contributed by atoms with Gasteiger partial charge in [-0.2, -0.15) is 0 Å². The minimum Gasteiger partial charge on any atom is -0.458 e. The number of ketones is 1. The number of aliphatic hydroxyl groups is 2. The predicted octanol–water partition coefficient (Wildman–Crippen LogP) is 4.88. The van der Waals surface area contributed by atoms with Gasteiger partial charge in [0.15, 0.2) is 0 Å². The lowest BCUT2D eigenvalue weighted by Crippen LogP contribution is -2.45. The summed E-state index contributed by atoms with van der Waals surface area (Å²) in [5.41, 5.74) is 0.546. The minimum absolute atomic E-state index is 0.0921. The van der Waals surface area contributed by atoms with Crippen molar-refractivity contribution >= 4 is 29.2 Å². The van der Waals surface area contributed by atoms with E-state index in [1.54, 1.807) is 32.1 Å². The molecule has 0 spiro atoms. The molecule has 1 aliphatic heterocycles. The Balaban J connectivity index is 2.27. The van der Waals surface area contributed by atoms with Gasteiger partial charge in [-0.05, 0) is 57.1 Å². The number of carbonyl (C=O) groups excluding carboxylic acids is 2. The van der Waals surface area contributed by atoms with Gasteiger partial charge >= 0.3 is 5.97 Å². The van der Waals surface area contributed by atoms with Crippen LogP contribution in [0.15, 0.2) is 23.1 Å². The highest BCUT2D eigenvalue weighted by Crippen LogP contribution is 2.32. The molecule has 6 nitrogen and oxygen atoms in total. The van der Waals surface area contributed by atoms with Crippen LogP contribution >= 0.6 is 11.3 Å². The molecule has 2 rings (SSSR count).